The highest BCUT2D eigenvalue weighted by Crippen LogP contribution is 2.48. The van der Waals surface area contributed by atoms with Crippen molar-refractivity contribution >= 4 is 11.1 Å². The number of fused-ring (bicyclic) bond motifs is 2. The highest BCUT2D eigenvalue weighted by molar-refractivity contribution is 5.77. The van der Waals surface area contributed by atoms with Crippen molar-refractivity contribution in [2.24, 2.45) is 35.5 Å². The van der Waals surface area contributed by atoms with Crippen molar-refractivity contribution in [2.45, 2.75) is 89.9 Å². The lowest BCUT2D eigenvalue weighted by Crippen LogP contribution is -2.35. The maximum atomic E-state index is 2.63. The molecule has 6 unspecified atom stereocenters. The van der Waals surface area contributed by atoms with Gasteiger partial charge in [-0.05, 0) is 202 Å². The van der Waals surface area contributed by atoms with Crippen molar-refractivity contribution in [1.29, 1.82) is 0 Å². The number of allylic oxidation sites excluding steroid dienone is 40. The molecule has 68 heavy (non-hydrogen) atoms. The van der Waals surface area contributed by atoms with Crippen molar-refractivity contribution in [1.82, 2.24) is 0 Å². The first kappa shape index (κ1) is 43.1. The molecule has 0 nitrogen and oxygen atoms in total. The first-order valence-electron chi connectivity index (χ1n) is 26.4. The normalized spacial score (nSPS) is 29.5. The van der Waals surface area contributed by atoms with E-state index in [0.29, 0.717) is 35.5 Å². The Morgan fingerprint density at radius 2 is 0.868 bits per heavy atom. The van der Waals surface area contributed by atoms with Gasteiger partial charge in [-0.15, -0.1) is 0 Å². The molecule has 0 bridgehead atoms. The average molecular weight is 883 g/mol. The van der Waals surface area contributed by atoms with E-state index < -0.39 is 0 Å². The molecule has 0 heteroatoms. The highest BCUT2D eigenvalue weighted by atomic mass is 14.4. The van der Waals surface area contributed by atoms with E-state index in [1.54, 1.807) is 27.9 Å². The minimum absolute atomic E-state index is 0.335. The molecule has 11 aliphatic carbocycles. The Morgan fingerprint density at radius 3 is 1.44 bits per heavy atom. The van der Waals surface area contributed by atoms with Crippen LogP contribution in [0.3, 0.4) is 0 Å². The van der Waals surface area contributed by atoms with E-state index in [1.165, 1.54) is 60.6 Å². The summed E-state index contributed by atoms with van der Waals surface area (Å²) in [5, 5.41) is 2.89. The predicted molar refractivity (Wildman–Crippen MR) is 288 cm³/mol. The van der Waals surface area contributed by atoms with Crippen LogP contribution in [0.15, 0.2) is 261 Å². The van der Waals surface area contributed by atoms with Gasteiger partial charge in [0.15, 0.2) is 0 Å². The second-order valence-electron chi connectivity index (χ2n) is 20.9. The summed E-state index contributed by atoms with van der Waals surface area (Å²) in [6.07, 6.45) is 83.8. The molecule has 0 saturated heterocycles. The van der Waals surface area contributed by atoms with Crippen LogP contribution in [-0.4, -0.2) is 0 Å². The van der Waals surface area contributed by atoms with E-state index in [1.807, 2.05) is 0 Å². The molecule has 0 spiro atoms. The van der Waals surface area contributed by atoms with E-state index >= 15 is 0 Å². The standard InChI is InChI=1S/C68H66/c1-5-19-47(20-6-1)55-41-56(48-21-7-2-8-22-48)44-59(43-55)51-27-17-29-53(39-51)61-35-37-67(65-33-15-13-31-63(61)65)68-38-36-62(64-32-14-16-34-66(64)68)54-30-18-28-52(40-54)60-45-57(49-23-9-3-10-24-49)42-58(46-60)50-25-11-4-12-26-50/h1,3,5,7,9,11,13-19,21-23,25-35,37,41-42,44,46,51-52,59-60,63,65H,2,4,6,8,10,12,20,24,36,38-40,43,45H2. The van der Waals surface area contributed by atoms with E-state index in [-0.39, 0.29) is 0 Å². The molecule has 338 valence electrons. The SMILES string of the molecule is C1=CCCC(C2=CC(C3=CCCC=C3)=CC(C3C=CC=C(C4=CC=C(C5=c6ccccc6=C(C6=CC=CC(C7C=C(C8=CCCC=C8)C=C(C8=CC=CCC8)C7)C6)CC5)C5C=CC=CC45)C3)C2)=C1. The van der Waals surface area contributed by atoms with Gasteiger partial charge in [-0.25, -0.2) is 0 Å². The van der Waals surface area contributed by atoms with Crippen molar-refractivity contribution in [3.8, 4) is 0 Å². The average Bonchev–Trinajstić information content (AvgIpc) is 3.43. The Bertz CT molecular complexity index is 3060. The second kappa shape index (κ2) is 19.4. The van der Waals surface area contributed by atoms with Crippen molar-refractivity contribution in [3.63, 3.8) is 0 Å². The van der Waals surface area contributed by atoms with Gasteiger partial charge in [0.05, 0.1) is 0 Å². The Hall–Kier alpha value is -6.24. The van der Waals surface area contributed by atoms with Gasteiger partial charge in [-0.2, -0.15) is 0 Å². The first-order chi connectivity index (χ1) is 33.7. The smallest absolute Gasteiger partial charge is 0.0128 e. The quantitative estimate of drug-likeness (QED) is 0.232. The summed E-state index contributed by atoms with van der Waals surface area (Å²) in [6.45, 7) is 0. The highest BCUT2D eigenvalue weighted by Gasteiger charge is 2.35. The summed E-state index contributed by atoms with van der Waals surface area (Å²) in [7, 11) is 0. The maximum absolute atomic E-state index is 2.63. The molecule has 0 amide bonds. The second-order valence-corrected chi connectivity index (χ2v) is 20.9. The third-order valence-electron chi connectivity index (χ3n) is 16.8. The van der Waals surface area contributed by atoms with Gasteiger partial charge in [-0.3, -0.25) is 0 Å². The van der Waals surface area contributed by atoms with Gasteiger partial charge >= 0.3 is 0 Å². The molecule has 11 aliphatic rings. The van der Waals surface area contributed by atoms with E-state index in [9.17, 15) is 0 Å². The predicted octanol–water partition coefficient (Wildman–Crippen LogP) is 15.9. The Kier molecular flexibility index (Phi) is 12.3. The third kappa shape index (κ3) is 8.73. The first-order valence-corrected chi connectivity index (χ1v) is 26.4. The molecule has 6 atom stereocenters. The fourth-order valence-corrected chi connectivity index (χ4v) is 13.3. The molecule has 0 saturated carbocycles. The summed E-state index contributed by atoms with van der Waals surface area (Å²) in [5.74, 6) is 2.58. The number of hydrogen-bond donors (Lipinski definition) is 0. The summed E-state index contributed by atoms with van der Waals surface area (Å²) < 4.78 is 0. The van der Waals surface area contributed by atoms with Gasteiger partial charge in [0, 0.05) is 11.8 Å². The fourth-order valence-electron chi connectivity index (χ4n) is 13.3. The zero-order valence-corrected chi connectivity index (χ0v) is 39.8. The number of rotatable bonds is 9. The van der Waals surface area contributed by atoms with Crippen LogP contribution < -0.4 is 10.4 Å². The maximum Gasteiger partial charge on any atom is 0.0128 e. The summed E-state index contributed by atoms with van der Waals surface area (Å²) in [6, 6.07) is 9.40. The van der Waals surface area contributed by atoms with E-state index in [0.717, 1.165) is 89.9 Å². The summed E-state index contributed by atoms with van der Waals surface area (Å²) in [5.41, 5.74) is 21.0. The minimum atomic E-state index is 0.335. The molecule has 0 heterocycles. The van der Waals surface area contributed by atoms with Crippen LogP contribution >= 0.6 is 0 Å². The minimum Gasteiger partial charge on any atom is -0.0842 e. The lowest BCUT2D eigenvalue weighted by molar-refractivity contribution is 0.455. The third-order valence-corrected chi connectivity index (χ3v) is 16.8. The molecule has 0 aromatic heterocycles. The van der Waals surface area contributed by atoms with Crippen LogP contribution in [0.1, 0.15) is 89.9 Å². The topological polar surface area (TPSA) is 0 Å². The van der Waals surface area contributed by atoms with E-state index in [4.69, 9.17) is 0 Å². The van der Waals surface area contributed by atoms with Crippen LogP contribution in [0.4, 0.5) is 0 Å². The van der Waals surface area contributed by atoms with Crippen LogP contribution in [0, 0.1) is 35.5 Å². The van der Waals surface area contributed by atoms with Crippen LogP contribution in [-0.2, 0) is 0 Å². The molecule has 0 aliphatic heterocycles. The van der Waals surface area contributed by atoms with E-state index in [2.05, 4.69) is 194 Å². The van der Waals surface area contributed by atoms with Crippen molar-refractivity contribution < 1.29 is 0 Å². The number of hydrogen-bond acceptors (Lipinski definition) is 0. The molecular formula is C68H66. The van der Waals surface area contributed by atoms with Crippen LogP contribution in [0.5, 0.6) is 0 Å². The van der Waals surface area contributed by atoms with Crippen LogP contribution in [0.2, 0.25) is 0 Å². The zero-order valence-electron chi connectivity index (χ0n) is 39.8. The molecular weight excluding hydrogens is 817 g/mol. The molecule has 1 aromatic carbocycles. The van der Waals surface area contributed by atoms with Crippen molar-refractivity contribution in [3.05, 3.63) is 272 Å². The largest absolute Gasteiger partial charge is 0.0842 e. The Balaban J connectivity index is 0.834. The zero-order chi connectivity index (χ0) is 45.2. The monoisotopic (exact) mass is 883 g/mol. The van der Waals surface area contributed by atoms with Gasteiger partial charge < -0.3 is 0 Å². The number of benzene rings is 1. The van der Waals surface area contributed by atoms with Gasteiger partial charge in [0.1, 0.15) is 0 Å². The molecule has 1 aromatic rings. The van der Waals surface area contributed by atoms with Gasteiger partial charge in [-0.1, -0.05) is 194 Å². The molecule has 0 fully saturated rings. The fraction of sp³-hybridized carbons (Fsp3) is 0.294. The summed E-state index contributed by atoms with van der Waals surface area (Å²) in [4.78, 5) is 0. The van der Waals surface area contributed by atoms with Crippen molar-refractivity contribution in [2.75, 3.05) is 0 Å². The lowest BCUT2D eigenvalue weighted by atomic mass is 9.67. The Morgan fingerprint density at radius 1 is 0.353 bits per heavy atom. The lowest BCUT2D eigenvalue weighted by Gasteiger charge is -2.37. The van der Waals surface area contributed by atoms with Crippen LogP contribution in [0.25, 0.3) is 11.1 Å². The van der Waals surface area contributed by atoms with Gasteiger partial charge in [0.25, 0.3) is 0 Å². The van der Waals surface area contributed by atoms with Gasteiger partial charge in [0.2, 0.25) is 0 Å². The Labute approximate surface area is 406 Å². The molecule has 0 radical (unpaired) electrons. The molecule has 0 N–H and O–H groups in total. The summed E-state index contributed by atoms with van der Waals surface area (Å²) >= 11 is 0. The molecule has 12 rings (SSSR count).